The highest BCUT2D eigenvalue weighted by Gasteiger charge is 2.46. The zero-order valence-corrected chi connectivity index (χ0v) is 22.7. The van der Waals surface area contributed by atoms with Gasteiger partial charge in [0.1, 0.15) is 16.4 Å². The Morgan fingerprint density at radius 1 is 1.05 bits per heavy atom. The third kappa shape index (κ3) is 4.20. The highest BCUT2D eigenvalue weighted by atomic mass is 32.2. The van der Waals surface area contributed by atoms with Gasteiger partial charge in [0, 0.05) is 54.0 Å². The number of H-pyrrole nitrogens is 1. The molecule has 2 fully saturated rings. The fraction of sp³-hybridized carbons (Fsp3) is 0.308. The Morgan fingerprint density at radius 3 is 2.44 bits per heavy atom. The van der Waals surface area contributed by atoms with Crippen molar-refractivity contribution in [2.24, 2.45) is 0 Å². The molecule has 2 aliphatic heterocycles. The molecule has 0 radical (unpaired) electrons. The van der Waals surface area contributed by atoms with Gasteiger partial charge in [0.05, 0.1) is 18.1 Å². The second kappa shape index (κ2) is 9.40. The molecule has 0 saturated carbocycles. The molecule has 3 atom stereocenters. The van der Waals surface area contributed by atoms with Crippen molar-refractivity contribution in [1.29, 1.82) is 0 Å². The summed E-state index contributed by atoms with van der Waals surface area (Å²) >= 11 is 0. The molecule has 208 valence electrons. The Hall–Kier alpha value is -4.79. The first-order valence-corrected chi connectivity index (χ1v) is 15.0. The molecule has 1 amide bonds. The van der Waals surface area contributed by atoms with E-state index in [4.69, 9.17) is 10.7 Å². The molecule has 2 aliphatic rings. The minimum absolute atomic E-state index is 0.00876. The molecule has 2 bridgehead atoms. The number of piperidine rings is 1. The minimum Gasteiger partial charge on any atom is -0.382 e. The molecule has 0 aliphatic carbocycles. The minimum atomic E-state index is -3.75. The Bertz CT molecular complexity index is 1860. The Morgan fingerprint density at radius 2 is 1.80 bits per heavy atom. The maximum atomic E-state index is 13.1. The molecule has 5 aromatic heterocycles. The Balaban J connectivity index is 1.29. The van der Waals surface area contributed by atoms with E-state index in [-0.39, 0.29) is 40.3 Å². The topological polar surface area (TPSA) is 191 Å². The lowest BCUT2D eigenvalue weighted by Crippen LogP contribution is -2.46. The third-order valence-electron chi connectivity index (χ3n) is 7.89. The first-order valence-electron chi connectivity index (χ1n) is 13.1. The van der Waals surface area contributed by atoms with Crippen molar-refractivity contribution in [3.05, 3.63) is 60.6 Å². The number of rotatable bonds is 5. The van der Waals surface area contributed by atoms with Crippen LogP contribution in [0, 0.1) is 0 Å². The van der Waals surface area contributed by atoms with Crippen molar-refractivity contribution < 1.29 is 13.2 Å². The normalized spacial score (nSPS) is 20.5. The first-order chi connectivity index (χ1) is 19.8. The molecule has 7 heterocycles. The Labute approximate surface area is 234 Å². The Kier molecular flexibility index (Phi) is 5.78. The summed E-state index contributed by atoms with van der Waals surface area (Å²) in [6, 6.07) is 5.26. The number of anilines is 1. The van der Waals surface area contributed by atoms with Crippen LogP contribution >= 0.6 is 0 Å². The lowest BCUT2D eigenvalue weighted by Gasteiger charge is -2.38. The van der Waals surface area contributed by atoms with E-state index >= 15 is 0 Å². The highest BCUT2D eigenvalue weighted by molar-refractivity contribution is 7.91. The fourth-order valence-corrected chi connectivity index (χ4v) is 7.22. The summed E-state index contributed by atoms with van der Waals surface area (Å²) in [5.41, 5.74) is 9.61. The van der Waals surface area contributed by atoms with Crippen LogP contribution < -0.4 is 5.73 Å². The molecule has 7 rings (SSSR count). The quantitative estimate of drug-likeness (QED) is 0.313. The van der Waals surface area contributed by atoms with Crippen LogP contribution in [0.1, 0.15) is 47.8 Å². The second-order valence-electron chi connectivity index (χ2n) is 10.4. The van der Waals surface area contributed by atoms with Gasteiger partial charge in [-0.05, 0) is 37.8 Å². The van der Waals surface area contributed by atoms with Crippen LogP contribution in [0.15, 0.2) is 54.1 Å². The van der Waals surface area contributed by atoms with Gasteiger partial charge in [-0.2, -0.15) is 25.0 Å². The number of carbonyl (C=O) groups excluding carboxylic acids is 1. The lowest BCUT2D eigenvalue weighted by molar-refractivity contribution is 0.0562. The standard InChI is InChI=1S/C26H25N11O3S/c1-41(39,40)22-21(15-9-16-4-5-17(10-15)36(16)26(38)20-13-31-35-34-20)33-25-18(12-32-37(25)23(22)27)14-3-6-19(30-11-14)24-28-7-2-8-29-24/h2-3,6-8,11-13,15-17H,4-5,9-10,27H2,1H3,(H,31,34,35)/t15?,16-,17+. The summed E-state index contributed by atoms with van der Waals surface area (Å²) in [7, 11) is -3.75. The second-order valence-corrected chi connectivity index (χ2v) is 12.4. The summed E-state index contributed by atoms with van der Waals surface area (Å²) in [5, 5.41) is 14.6. The molecule has 0 spiro atoms. The number of pyridine rings is 1. The van der Waals surface area contributed by atoms with E-state index in [0.717, 1.165) is 24.7 Å². The molecular formula is C26H25N11O3S. The van der Waals surface area contributed by atoms with Crippen molar-refractivity contribution in [2.45, 2.75) is 48.6 Å². The number of nitrogens with two attached hydrogens (primary N) is 1. The highest BCUT2D eigenvalue weighted by Crippen LogP contribution is 2.45. The summed E-state index contributed by atoms with van der Waals surface area (Å²) in [6.07, 6.45) is 11.9. The van der Waals surface area contributed by atoms with Crippen LogP contribution in [0.2, 0.25) is 0 Å². The number of carbonyl (C=O) groups is 1. The molecule has 2 saturated heterocycles. The summed E-state index contributed by atoms with van der Waals surface area (Å²) < 4.78 is 27.5. The predicted octanol–water partition coefficient (Wildman–Crippen LogP) is 1.90. The third-order valence-corrected chi connectivity index (χ3v) is 9.05. The molecule has 15 heteroatoms. The molecule has 5 aromatic rings. The van der Waals surface area contributed by atoms with Gasteiger partial charge >= 0.3 is 0 Å². The predicted molar refractivity (Wildman–Crippen MR) is 146 cm³/mol. The fourth-order valence-electron chi connectivity index (χ4n) is 6.16. The van der Waals surface area contributed by atoms with Gasteiger partial charge in [-0.3, -0.25) is 9.78 Å². The number of hydrogen-bond donors (Lipinski definition) is 2. The first kappa shape index (κ1) is 25.2. The lowest BCUT2D eigenvalue weighted by atomic mass is 9.87. The van der Waals surface area contributed by atoms with Gasteiger partial charge in [0.2, 0.25) is 0 Å². The summed E-state index contributed by atoms with van der Waals surface area (Å²) in [5.74, 6) is 0.120. The van der Waals surface area contributed by atoms with Crippen LogP contribution in [0.3, 0.4) is 0 Å². The number of amides is 1. The van der Waals surface area contributed by atoms with Crippen LogP contribution in [0.25, 0.3) is 28.3 Å². The van der Waals surface area contributed by atoms with Crippen molar-refractivity contribution in [1.82, 2.24) is 49.9 Å². The number of sulfone groups is 1. The van der Waals surface area contributed by atoms with Crippen molar-refractivity contribution in [2.75, 3.05) is 12.0 Å². The smallest absolute Gasteiger partial charge is 0.276 e. The van der Waals surface area contributed by atoms with Crippen LogP contribution in [0.4, 0.5) is 5.82 Å². The van der Waals surface area contributed by atoms with Gasteiger partial charge in [-0.25, -0.2) is 23.4 Å². The number of aromatic amines is 1. The summed E-state index contributed by atoms with van der Waals surface area (Å²) in [6.45, 7) is 0. The SMILES string of the molecule is CS(=O)(=O)c1c(C2C[C@H]3CC[C@@H](C2)N3C(=O)c2cn[nH]n2)nc2c(-c3ccc(-c4ncccn4)nc3)cnn2c1N. The van der Waals surface area contributed by atoms with Crippen molar-refractivity contribution in [3.63, 3.8) is 0 Å². The van der Waals surface area contributed by atoms with Gasteiger partial charge in [-0.1, -0.05) is 6.07 Å². The number of fused-ring (bicyclic) bond motifs is 3. The monoisotopic (exact) mass is 571 g/mol. The molecule has 14 nitrogen and oxygen atoms in total. The van der Waals surface area contributed by atoms with E-state index in [1.165, 1.54) is 10.7 Å². The van der Waals surface area contributed by atoms with Crippen LogP contribution in [-0.2, 0) is 9.84 Å². The van der Waals surface area contributed by atoms with E-state index in [1.807, 2.05) is 17.0 Å². The molecule has 41 heavy (non-hydrogen) atoms. The van der Waals surface area contributed by atoms with Gasteiger partial charge < -0.3 is 10.6 Å². The largest absolute Gasteiger partial charge is 0.382 e. The van der Waals surface area contributed by atoms with E-state index in [1.54, 1.807) is 30.9 Å². The average molecular weight is 572 g/mol. The zero-order valence-electron chi connectivity index (χ0n) is 21.9. The van der Waals surface area contributed by atoms with Gasteiger partial charge in [-0.15, -0.1) is 0 Å². The molecule has 3 N–H and O–H groups in total. The van der Waals surface area contributed by atoms with E-state index in [0.29, 0.717) is 41.3 Å². The number of nitrogen functional groups attached to an aromatic ring is 1. The number of aromatic nitrogens is 9. The molecule has 0 aromatic carbocycles. The van der Waals surface area contributed by atoms with Crippen molar-refractivity contribution >= 4 is 27.2 Å². The van der Waals surface area contributed by atoms with Crippen LogP contribution in [-0.4, -0.2) is 82.5 Å². The molecule has 1 unspecified atom stereocenters. The van der Waals surface area contributed by atoms with E-state index < -0.39 is 9.84 Å². The van der Waals surface area contributed by atoms with E-state index in [9.17, 15) is 13.2 Å². The maximum absolute atomic E-state index is 13.1. The van der Waals surface area contributed by atoms with E-state index in [2.05, 4.69) is 35.5 Å². The summed E-state index contributed by atoms with van der Waals surface area (Å²) in [4.78, 5) is 32.9. The van der Waals surface area contributed by atoms with Crippen molar-refractivity contribution in [3.8, 4) is 22.6 Å². The number of nitrogens with one attached hydrogen (secondary N) is 1. The van der Waals surface area contributed by atoms with Gasteiger partial charge in [0.25, 0.3) is 5.91 Å². The number of nitrogens with zero attached hydrogens (tertiary/aromatic N) is 9. The molecular weight excluding hydrogens is 546 g/mol. The van der Waals surface area contributed by atoms with Crippen LogP contribution in [0.5, 0.6) is 0 Å². The van der Waals surface area contributed by atoms with Gasteiger partial charge in [0.15, 0.2) is 27.0 Å². The average Bonchev–Trinajstić information content (AvgIpc) is 3.71. The number of hydrogen-bond acceptors (Lipinski definition) is 11. The zero-order chi connectivity index (χ0) is 28.3. The maximum Gasteiger partial charge on any atom is 0.276 e.